The molecule has 1 aliphatic heterocycles. The van der Waals surface area contributed by atoms with Crippen molar-refractivity contribution < 1.29 is 9.53 Å². The maximum absolute atomic E-state index is 12.6. The Hall–Kier alpha value is -3.10. The van der Waals surface area contributed by atoms with Crippen LogP contribution in [0.5, 0.6) is 5.75 Å². The number of benzene rings is 2. The third-order valence-electron chi connectivity index (χ3n) is 5.19. The fourth-order valence-electron chi connectivity index (χ4n) is 3.48. The van der Waals surface area contributed by atoms with Gasteiger partial charge in [-0.05, 0) is 74.5 Å². The molecule has 2 heterocycles. The number of hydrogen-bond donors (Lipinski definition) is 3. The Kier molecular flexibility index (Phi) is 7.01. The smallest absolute Gasteiger partial charge is 0.256 e. The minimum absolute atomic E-state index is 0.150. The molecule has 31 heavy (non-hydrogen) atoms. The lowest BCUT2D eigenvalue weighted by Crippen LogP contribution is -2.25. The monoisotopic (exact) mass is 437 g/mol. The van der Waals surface area contributed by atoms with E-state index < -0.39 is 0 Å². The molecule has 0 bridgehead atoms. The van der Waals surface area contributed by atoms with Gasteiger partial charge in [-0.3, -0.25) is 4.79 Å². The topological polar surface area (TPSA) is 78.5 Å². The Bertz CT molecular complexity index is 982. The molecule has 1 aromatic heterocycles. The molecule has 2 aromatic carbocycles. The van der Waals surface area contributed by atoms with E-state index in [2.05, 4.69) is 25.8 Å². The second-order valence-corrected chi connectivity index (χ2v) is 8.42. The van der Waals surface area contributed by atoms with E-state index in [4.69, 9.17) is 4.74 Å². The van der Waals surface area contributed by atoms with Crippen LogP contribution < -0.4 is 20.7 Å². The van der Waals surface area contributed by atoms with Crippen molar-refractivity contribution in [3.05, 3.63) is 60.3 Å². The second kappa shape index (κ2) is 10.3. The highest BCUT2D eigenvalue weighted by atomic mass is 32.1. The highest BCUT2D eigenvalue weighted by Gasteiger charge is 2.11. The highest BCUT2D eigenvalue weighted by molar-refractivity contribution is 7.19. The summed E-state index contributed by atoms with van der Waals surface area (Å²) in [5.74, 6) is 0.647. The number of hydrogen-bond acceptors (Lipinski definition) is 7. The Balaban J connectivity index is 1.26. The Morgan fingerprint density at radius 3 is 2.48 bits per heavy atom. The first kappa shape index (κ1) is 21.1. The Morgan fingerprint density at radius 1 is 1.06 bits per heavy atom. The average Bonchev–Trinajstić information content (AvgIpc) is 3.47. The zero-order valence-corrected chi connectivity index (χ0v) is 18.4. The molecule has 0 saturated carbocycles. The molecule has 1 saturated heterocycles. The van der Waals surface area contributed by atoms with Crippen LogP contribution in [0.4, 0.5) is 21.5 Å². The van der Waals surface area contributed by atoms with E-state index in [1.165, 1.54) is 37.3 Å². The van der Waals surface area contributed by atoms with Crippen LogP contribution in [-0.2, 0) is 0 Å². The molecular formula is C23H27N5O2S. The SMILES string of the molecule is COc1ccc(Nc2ncc(NC(=O)c3ccc(NCCN4CCCC4)cc3)s2)cc1. The fourth-order valence-corrected chi connectivity index (χ4v) is 4.21. The van der Waals surface area contributed by atoms with Gasteiger partial charge in [-0.1, -0.05) is 11.3 Å². The van der Waals surface area contributed by atoms with Gasteiger partial charge in [0, 0.05) is 30.0 Å². The van der Waals surface area contributed by atoms with Gasteiger partial charge in [0.05, 0.1) is 13.3 Å². The van der Waals surface area contributed by atoms with Gasteiger partial charge in [-0.15, -0.1) is 0 Å². The summed E-state index contributed by atoms with van der Waals surface area (Å²) in [6.07, 6.45) is 4.27. The van der Waals surface area contributed by atoms with Gasteiger partial charge in [0.1, 0.15) is 10.8 Å². The van der Waals surface area contributed by atoms with Gasteiger partial charge in [0.25, 0.3) is 5.91 Å². The third kappa shape index (κ3) is 5.96. The molecule has 7 nitrogen and oxygen atoms in total. The summed E-state index contributed by atoms with van der Waals surface area (Å²) in [6.45, 7) is 4.38. The largest absolute Gasteiger partial charge is 0.497 e. The summed E-state index contributed by atoms with van der Waals surface area (Å²) in [7, 11) is 1.64. The predicted octanol–water partition coefficient (Wildman–Crippen LogP) is 4.66. The van der Waals surface area contributed by atoms with Crippen molar-refractivity contribution in [1.29, 1.82) is 0 Å². The van der Waals surface area contributed by atoms with Crippen molar-refractivity contribution in [1.82, 2.24) is 9.88 Å². The number of nitrogens with zero attached hydrogens (tertiary/aromatic N) is 2. The summed E-state index contributed by atoms with van der Waals surface area (Å²) in [4.78, 5) is 19.4. The molecular weight excluding hydrogens is 410 g/mol. The number of amides is 1. The second-order valence-electron chi connectivity index (χ2n) is 7.39. The molecule has 162 valence electrons. The number of rotatable bonds is 9. The summed E-state index contributed by atoms with van der Waals surface area (Å²) >= 11 is 1.38. The van der Waals surface area contributed by atoms with Gasteiger partial charge < -0.3 is 25.6 Å². The van der Waals surface area contributed by atoms with Crippen molar-refractivity contribution in [2.24, 2.45) is 0 Å². The first-order valence-corrected chi connectivity index (χ1v) is 11.3. The van der Waals surface area contributed by atoms with E-state index in [0.717, 1.165) is 30.2 Å². The van der Waals surface area contributed by atoms with E-state index in [9.17, 15) is 4.79 Å². The molecule has 8 heteroatoms. The summed E-state index contributed by atoms with van der Waals surface area (Å²) < 4.78 is 5.16. The maximum atomic E-state index is 12.6. The molecule has 4 rings (SSSR count). The number of methoxy groups -OCH3 is 1. The highest BCUT2D eigenvalue weighted by Crippen LogP contribution is 2.27. The van der Waals surface area contributed by atoms with Crippen LogP contribution >= 0.6 is 11.3 Å². The molecule has 1 aliphatic rings. The Morgan fingerprint density at radius 2 is 1.77 bits per heavy atom. The van der Waals surface area contributed by atoms with Gasteiger partial charge in [-0.25, -0.2) is 4.98 Å². The minimum atomic E-state index is -0.150. The van der Waals surface area contributed by atoms with E-state index in [1.54, 1.807) is 13.3 Å². The number of ether oxygens (including phenoxy) is 1. The number of aromatic nitrogens is 1. The summed E-state index contributed by atoms with van der Waals surface area (Å²) in [6, 6.07) is 15.2. The number of likely N-dealkylation sites (tertiary alicyclic amines) is 1. The van der Waals surface area contributed by atoms with E-state index in [0.29, 0.717) is 15.7 Å². The lowest BCUT2D eigenvalue weighted by molar-refractivity contribution is 0.102. The zero-order valence-electron chi connectivity index (χ0n) is 17.6. The van der Waals surface area contributed by atoms with Crippen LogP contribution in [0.15, 0.2) is 54.7 Å². The van der Waals surface area contributed by atoms with Gasteiger partial charge >= 0.3 is 0 Å². The fraction of sp³-hybridized carbons (Fsp3) is 0.304. The number of carbonyl (C=O) groups is 1. The molecule has 3 aromatic rings. The lowest BCUT2D eigenvalue weighted by Gasteiger charge is -2.15. The number of carbonyl (C=O) groups excluding carboxylic acids is 1. The van der Waals surface area contributed by atoms with Crippen molar-refractivity contribution in [2.45, 2.75) is 12.8 Å². The number of anilines is 4. The Labute approximate surface area is 186 Å². The molecule has 0 radical (unpaired) electrons. The molecule has 0 unspecified atom stereocenters. The standard InChI is InChI=1S/C23H27N5O2S/c1-30-20-10-8-19(9-11-20)26-23-25-16-21(31-23)27-22(29)17-4-6-18(7-5-17)24-12-15-28-13-2-3-14-28/h4-11,16,24H,2-3,12-15H2,1H3,(H,25,26)(H,27,29). The maximum Gasteiger partial charge on any atom is 0.256 e. The van der Waals surface area contributed by atoms with Crippen LogP contribution in [0.2, 0.25) is 0 Å². The number of nitrogens with one attached hydrogen (secondary N) is 3. The van der Waals surface area contributed by atoms with Crippen LogP contribution in [-0.4, -0.2) is 49.1 Å². The zero-order chi connectivity index (χ0) is 21.5. The molecule has 0 aliphatic carbocycles. The van der Waals surface area contributed by atoms with Crippen LogP contribution in [0.25, 0.3) is 0 Å². The van der Waals surface area contributed by atoms with Gasteiger partial charge in [0.15, 0.2) is 5.13 Å². The lowest BCUT2D eigenvalue weighted by atomic mass is 10.2. The first-order valence-electron chi connectivity index (χ1n) is 10.4. The molecule has 0 atom stereocenters. The summed E-state index contributed by atoms with van der Waals surface area (Å²) in [5.41, 5.74) is 2.54. The minimum Gasteiger partial charge on any atom is -0.497 e. The van der Waals surface area contributed by atoms with Crippen molar-refractivity contribution in [3.63, 3.8) is 0 Å². The number of thiazole rings is 1. The van der Waals surface area contributed by atoms with Crippen molar-refractivity contribution in [2.75, 3.05) is 49.2 Å². The predicted molar refractivity (Wildman–Crippen MR) is 127 cm³/mol. The van der Waals surface area contributed by atoms with Crippen molar-refractivity contribution in [3.8, 4) is 5.75 Å². The normalized spacial score (nSPS) is 13.7. The van der Waals surface area contributed by atoms with Crippen LogP contribution in [0.3, 0.4) is 0 Å². The van der Waals surface area contributed by atoms with Crippen LogP contribution in [0.1, 0.15) is 23.2 Å². The molecule has 3 N–H and O–H groups in total. The van der Waals surface area contributed by atoms with E-state index in [1.807, 2.05) is 48.5 Å². The molecule has 1 fully saturated rings. The first-order chi connectivity index (χ1) is 15.2. The third-order valence-corrected chi connectivity index (χ3v) is 6.01. The molecule has 0 spiro atoms. The van der Waals surface area contributed by atoms with Gasteiger partial charge in [0.2, 0.25) is 0 Å². The van der Waals surface area contributed by atoms with Gasteiger partial charge in [-0.2, -0.15) is 0 Å². The van der Waals surface area contributed by atoms with E-state index >= 15 is 0 Å². The quantitative estimate of drug-likeness (QED) is 0.452. The van der Waals surface area contributed by atoms with Crippen LogP contribution in [0, 0.1) is 0 Å². The summed E-state index contributed by atoms with van der Waals surface area (Å²) in [5, 5.41) is 11.0. The van der Waals surface area contributed by atoms with E-state index in [-0.39, 0.29) is 5.91 Å². The van der Waals surface area contributed by atoms with Crippen molar-refractivity contribution >= 4 is 38.8 Å². The molecule has 1 amide bonds. The average molecular weight is 438 g/mol.